The van der Waals surface area contributed by atoms with Gasteiger partial charge >= 0.3 is 11.7 Å². The number of non-ortho nitro benzene ring substituents is 1. The summed E-state index contributed by atoms with van der Waals surface area (Å²) in [5.74, 6) is -0.383. The largest absolute Gasteiger partial charge is 0.461 e. The first-order valence-electron chi connectivity index (χ1n) is 8.56. The number of hydrogen-bond acceptors (Lipinski definition) is 8. The molecule has 29 heavy (non-hydrogen) atoms. The molecule has 0 fully saturated rings. The summed E-state index contributed by atoms with van der Waals surface area (Å²) in [6.07, 6.45) is 1.51. The summed E-state index contributed by atoms with van der Waals surface area (Å²) < 4.78 is 5.10. The molecule has 2 aromatic rings. The Morgan fingerprint density at radius 2 is 1.83 bits per heavy atom. The standard InChI is InChI=1S/C19H20N4O6/c1-11-7-12(2)17(10-29-14(4)24)13(3)16(11)9-20-21-18-6-5-15(22(25)26)8-19(18)23(27)28/h5-9,21H,10H2,1-4H3/b20-9-. The Labute approximate surface area is 166 Å². The number of ether oxygens (including phenoxy) is 1. The van der Waals surface area contributed by atoms with Crippen molar-refractivity contribution in [3.8, 4) is 0 Å². The highest BCUT2D eigenvalue weighted by Gasteiger charge is 2.19. The number of hydrogen-bond donors (Lipinski definition) is 1. The Hall–Kier alpha value is -3.82. The van der Waals surface area contributed by atoms with Crippen LogP contribution in [0, 0.1) is 41.0 Å². The van der Waals surface area contributed by atoms with Gasteiger partial charge in [0.2, 0.25) is 0 Å². The number of esters is 1. The summed E-state index contributed by atoms with van der Waals surface area (Å²) in [5, 5.41) is 26.1. The van der Waals surface area contributed by atoms with Crippen LogP contribution in [0.3, 0.4) is 0 Å². The summed E-state index contributed by atoms with van der Waals surface area (Å²) in [5.41, 5.74) is 6.15. The molecule has 0 bridgehead atoms. The normalized spacial score (nSPS) is 10.8. The van der Waals surface area contributed by atoms with Crippen LogP contribution in [0.1, 0.15) is 34.7 Å². The van der Waals surface area contributed by atoms with E-state index in [-0.39, 0.29) is 24.0 Å². The van der Waals surface area contributed by atoms with Gasteiger partial charge in [-0.15, -0.1) is 0 Å². The maximum absolute atomic E-state index is 11.2. The van der Waals surface area contributed by atoms with Crippen LogP contribution >= 0.6 is 0 Å². The lowest BCUT2D eigenvalue weighted by atomic mass is 9.94. The first kappa shape index (κ1) is 21.5. The van der Waals surface area contributed by atoms with Gasteiger partial charge in [-0.1, -0.05) is 6.07 Å². The molecule has 2 aromatic carbocycles. The van der Waals surface area contributed by atoms with Crippen molar-refractivity contribution in [2.24, 2.45) is 5.10 Å². The van der Waals surface area contributed by atoms with Crippen molar-refractivity contribution >= 4 is 29.2 Å². The summed E-state index contributed by atoms with van der Waals surface area (Å²) in [4.78, 5) is 31.7. The summed E-state index contributed by atoms with van der Waals surface area (Å²) in [6.45, 7) is 7.15. The SMILES string of the molecule is CC(=O)OCc1c(C)cc(C)c(/C=N\Nc2ccc([N+](=O)[O-])cc2[N+](=O)[O-])c1C. The van der Waals surface area contributed by atoms with Gasteiger partial charge in [0.05, 0.1) is 22.1 Å². The van der Waals surface area contributed by atoms with Gasteiger partial charge in [0.15, 0.2) is 0 Å². The zero-order chi connectivity index (χ0) is 21.7. The van der Waals surface area contributed by atoms with Gasteiger partial charge in [0.25, 0.3) is 5.69 Å². The Balaban J connectivity index is 2.33. The minimum Gasteiger partial charge on any atom is -0.461 e. The molecule has 0 heterocycles. The van der Waals surface area contributed by atoms with Crippen LogP contribution in [-0.4, -0.2) is 22.0 Å². The molecule has 10 nitrogen and oxygen atoms in total. The number of anilines is 1. The van der Waals surface area contributed by atoms with Crippen molar-refractivity contribution < 1.29 is 19.4 Å². The summed E-state index contributed by atoms with van der Waals surface area (Å²) in [7, 11) is 0. The Morgan fingerprint density at radius 3 is 2.41 bits per heavy atom. The lowest BCUT2D eigenvalue weighted by Crippen LogP contribution is -2.06. The van der Waals surface area contributed by atoms with Crippen molar-refractivity contribution in [2.75, 3.05) is 5.43 Å². The third-order valence-corrected chi connectivity index (χ3v) is 4.38. The van der Waals surface area contributed by atoms with E-state index < -0.39 is 15.5 Å². The molecule has 152 valence electrons. The van der Waals surface area contributed by atoms with Gasteiger partial charge in [-0.2, -0.15) is 5.10 Å². The molecule has 0 saturated carbocycles. The third-order valence-electron chi connectivity index (χ3n) is 4.38. The minimum absolute atomic E-state index is 0.0272. The van der Waals surface area contributed by atoms with Gasteiger partial charge < -0.3 is 4.74 Å². The van der Waals surface area contributed by atoms with E-state index >= 15 is 0 Å². The Bertz CT molecular complexity index is 1020. The highest BCUT2D eigenvalue weighted by atomic mass is 16.6. The van der Waals surface area contributed by atoms with Crippen molar-refractivity contribution in [3.63, 3.8) is 0 Å². The number of benzene rings is 2. The monoisotopic (exact) mass is 400 g/mol. The molecule has 0 amide bonds. The van der Waals surface area contributed by atoms with Crippen molar-refractivity contribution in [3.05, 3.63) is 72.3 Å². The molecular weight excluding hydrogens is 380 g/mol. The van der Waals surface area contributed by atoms with E-state index in [1.807, 2.05) is 26.8 Å². The number of carbonyl (C=O) groups excluding carboxylic acids is 1. The van der Waals surface area contributed by atoms with E-state index in [0.717, 1.165) is 39.9 Å². The minimum atomic E-state index is -0.718. The highest BCUT2D eigenvalue weighted by Crippen LogP contribution is 2.29. The van der Waals surface area contributed by atoms with Crippen LogP contribution in [0.2, 0.25) is 0 Å². The molecule has 0 atom stereocenters. The summed E-state index contributed by atoms with van der Waals surface area (Å²) in [6, 6.07) is 5.19. The van der Waals surface area contributed by atoms with E-state index in [1.54, 1.807) is 0 Å². The fraction of sp³-hybridized carbons (Fsp3) is 0.263. The highest BCUT2D eigenvalue weighted by molar-refractivity contribution is 5.85. The number of aryl methyl sites for hydroxylation is 2. The Morgan fingerprint density at radius 1 is 1.14 bits per heavy atom. The maximum atomic E-state index is 11.2. The van der Waals surface area contributed by atoms with E-state index in [0.29, 0.717) is 0 Å². The lowest BCUT2D eigenvalue weighted by molar-refractivity contribution is -0.393. The molecule has 10 heteroatoms. The van der Waals surface area contributed by atoms with Crippen LogP contribution in [-0.2, 0) is 16.1 Å². The second-order valence-electron chi connectivity index (χ2n) is 6.39. The Kier molecular flexibility index (Phi) is 6.60. The van der Waals surface area contributed by atoms with Gasteiger partial charge in [-0.25, -0.2) is 0 Å². The average molecular weight is 400 g/mol. The first-order chi connectivity index (χ1) is 13.6. The third kappa shape index (κ3) is 5.12. The second kappa shape index (κ2) is 8.91. The molecular formula is C19H20N4O6. The van der Waals surface area contributed by atoms with Crippen LogP contribution in [0.5, 0.6) is 0 Å². The van der Waals surface area contributed by atoms with Crippen molar-refractivity contribution in [1.29, 1.82) is 0 Å². The molecule has 0 aliphatic carbocycles. The van der Waals surface area contributed by atoms with Gasteiger partial charge in [-0.3, -0.25) is 30.4 Å². The molecule has 0 aliphatic heterocycles. The predicted molar refractivity (Wildman–Crippen MR) is 107 cm³/mol. The molecule has 0 aromatic heterocycles. The van der Waals surface area contributed by atoms with Crippen molar-refractivity contribution in [1.82, 2.24) is 0 Å². The van der Waals surface area contributed by atoms with E-state index in [2.05, 4.69) is 10.5 Å². The zero-order valence-corrected chi connectivity index (χ0v) is 16.4. The molecule has 0 unspecified atom stereocenters. The van der Waals surface area contributed by atoms with Gasteiger partial charge in [-0.05, 0) is 49.1 Å². The number of nitro groups is 2. The first-order valence-corrected chi connectivity index (χ1v) is 8.56. The maximum Gasteiger partial charge on any atom is 0.302 e. The molecule has 0 spiro atoms. The smallest absolute Gasteiger partial charge is 0.302 e. The fourth-order valence-corrected chi connectivity index (χ4v) is 2.88. The second-order valence-corrected chi connectivity index (χ2v) is 6.39. The number of nitrogens with zero attached hydrogens (tertiary/aromatic N) is 3. The van der Waals surface area contributed by atoms with Crippen LogP contribution in [0.15, 0.2) is 29.4 Å². The van der Waals surface area contributed by atoms with E-state index in [9.17, 15) is 25.0 Å². The van der Waals surface area contributed by atoms with Gasteiger partial charge in [0.1, 0.15) is 12.3 Å². The fourth-order valence-electron chi connectivity index (χ4n) is 2.88. The number of nitro benzene ring substituents is 2. The van der Waals surface area contributed by atoms with Crippen LogP contribution < -0.4 is 5.43 Å². The van der Waals surface area contributed by atoms with Crippen LogP contribution in [0.25, 0.3) is 0 Å². The van der Waals surface area contributed by atoms with E-state index in [4.69, 9.17) is 4.74 Å². The lowest BCUT2D eigenvalue weighted by Gasteiger charge is -2.15. The summed E-state index contributed by atoms with van der Waals surface area (Å²) >= 11 is 0. The molecule has 0 aliphatic rings. The predicted octanol–water partition coefficient (Wildman–Crippen LogP) is 3.94. The number of hydrazone groups is 1. The topological polar surface area (TPSA) is 137 Å². The molecule has 0 radical (unpaired) electrons. The molecule has 2 rings (SSSR count). The van der Waals surface area contributed by atoms with Crippen LogP contribution in [0.4, 0.5) is 17.1 Å². The molecule has 0 saturated heterocycles. The quantitative estimate of drug-likeness (QED) is 0.321. The number of rotatable bonds is 7. The number of carbonyl (C=O) groups is 1. The molecule has 1 N–H and O–H groups in total. The van der Waals surface area contributed by atoms with Crippen molar-refractivity contribution in [2.45, 2.75) is 34.3 Å². The van der Waals surface area contributed by atoms with E-state index in [1.165, 1.54) is 19.2 Å². The number of nitrogens with one attached hydrogen (secondary N) is 1. The van der Waals surface area contributed by atoms with Gasteiger partial charge in [0, 0.05) is 18.6 Å². The average Bonchev–Trinajstić information content (AvgIpc) is 2.63. The zero-order valence-electron chi connectivity index (χ0n) is 16.4.